The lowest BCUT2D eigenvalue weighted by atomic mass is 9.79. The van der Waals surface area contributed by atoms with Crippen molar-refractivity contribution >= 4 is 15.4 Å². The lowest BCUT2D eigenvalue weighted by molar-refractivity contribution is 0.0829. The molecule has 0 aromatic carbocycles. The SMILES string of the molecule is C=S1(=O)CC(O)C(C(C)(C)C)C1. The van der Waals surface area contributed by atoms with Gasteiger partial charge in [-0.3, -0.25) is 4.21 Å². The van der Waals surface area contributed by atoms with Gasteiger partial charge < -0.3 is 5.11 Å². The summed E-state index contributed by atoms with van der Waals surface area (Å²) in [4.78, 5) is 0. The average Bonchev–Trinajstić information content (AvgIpc) is 2.03. The summed E-state index contributed by atoms with van der Waals surface area (Å²) >= 11 is 0. The average molecular weight is 190 g/mol. The fourth-order valence-electron chi connectivity index (χ4n) is 1.76. The Bertz CT molecular complexity index is 259. The number of hydrogen-bond acceptors (Lipinski definition) is 2. The Morgan fingerprint density at radius 2 is 1.92 bits per heavy atom. The van der Waals surface area contributed by atoms with Gasteiger partial charge in [0.1, 0.15) is 0 Å². The molecule has 1 N–H and O–H groups in total. The smallest absolute Gasteiger partial charge is 0.0691 e. The van der Waals surface area contributed by atoms with E-state index in [-0.39, 0.29) is 11.3 Å². The van der Waals surface area contributed by atoms with Crippen molar-refractivity contribution in [1.29, 1.82) is 0 Å². The van der Waals surface area contributed by atoms with Gasteiger partial charge in [0, 0.05) is 17.4 Å². The molecule has 3 heteroatoms. The second-order valence-electron chi connectivity index (χ2n) is 4.84. The maximum absolute atomic E-state index is 11.6. The van der Waals surface area contributed by atoms with E-state index in [1.165, 1.54) is 0 Å². The van der Waals surface area contributed by atoms with Crippen molar-refractivity contribution in [1.82, 2.24) is 0 Å². The van der Waals surface area contributed by atoms with Gasteiger partial charge in [0.2, 0.25) is 0 Å². The van der Waals surface area contributed by atoms with E-state index in [9.17, 15) is 9.32 Å². The van der Waals surface area contributed by atoms with Crippen LogP contribution in [-0.2, 0) is 9.52 Å². The normalized spacial score (nSPS) is 43.3. The summed E-state index contributed by atoms with van der Waals surface area (Å²) in [5, 5.41) is 9.64. The van der Waals surface area contributed by atoms with Crippen LogP contribution in [0.1, 0.15) is 20.8 Å². The summed E-state index contributed by atoms with van der Waals surface area (Å²) in [6.45, 7) is 6.21. The van der Waals surface area contributed by atoms with E-state index in [1.807, 2.05) is 0 Å². The minimum Gasteiger partial charge on any atom is -0.392 e. The number of aliphatic hydroxyl groups excluding tert-OH is 1. The third-order valence-electron chi connectivity index (χ3n) is 2.53. The second-order valence-corrected chi connectivity index (χ2v) is 7.44. The maximum atomic E-state index is 11.6. The predicted molar refractivity (Wildman–Crippen MR) is 53.9 cm³/mol. The monoisotopic (exact) mass is 190 g/mol. The Balaban J connectivity index is 2.85. The fraction of sp³-hybridized carbons (Fsp3) is 0.889. The van der Waals surface area contributed by atoms with Gasteiger partial charge in [0.05, 0.1) is 6.10 Å². The van der Waals surface area contributed by atoms with Gasteiger partial charge in [-0.25, -0.2) is 0 Å². The molecule has 0 amide bonds. The summed E-state index contributed by atoms with van der Waals surface area (Å²) in [5.41, 5.74) is 0.0380. The molecule has 1 heterocycles. The zero-order valence-corrected chi connectivity index (χ0v) is 8.86. The first-order valence-corrected chi connectivity index (χ1v) is 6.29. The third-order valence-corrected chi connectivity index (χ3v) is 4.45. The Kier molecular flexibility index (Phi) is 2.30. The molecule has 1 fully saturated rings. The molecule has 0 aliphatic carbocycles. The number of rotatable bonds is 0. The molecule has 0 saturated carbocycles. The highest BCUT2D eigenvalue weighted by Gasteiger charge is 2.39. The molecule has 0 radical (unpaired) electrons. The first-order valence-electron chi connectivity index (χ1n) is 4.23. The molecule has 1 aliphatic heterocycles. The van der Waals surface area contributed by atoms with Crippen molar-refractivity contribution in [3.8, 4) is 0 Å². The van der Waals surface area contributed by atoms with Crippen LogP contribution in [0.5, 0.6) is 0 Å². The molecule has 3 unspecified atom stereocenters. The van der Waals surface area contributed by atoms with Gasteiger partial charge in [-0.05, 0) is 20.8 Å². The van der Waals surface area contributed by atoms with Gasteiger partial charge in [0.15, 0.2) is 0 Å². The molecule has 72 valence electrons. The lowest BCUT2D eigenvalue weighted by Gasteiger charge is -2.28. The van der Waals surface area contributed by atoms with Crippen LogP contribution in [-0.4, -0.2) is 32.8 Å². The van der Waals surface area contributed by atoms with Gasteiger partial charge >= 0.3 is 0 Å². The largest absolute Gasteiger partial charge is 0.392 e. The zero-order chi connectivity index (χ0) is 9.57. The van der Waals surface area contributed by atoms with Crippen molar-refractivity contribution in [2.24, 2.45) is 11.3 Å². The first-order chi connectivity index (χ1) is 5.22. The third kappa shape index (κ3) is 2.02. The Morgan fingerprint density at radius 3 is 2.08 bits per heavy atom. The summed E-state index contributed by atoms with van der Waals surface area (Å²) in [6, 6.07) is 0. The zero-order valence-electron chi connectivity index (χ0n) is 8.04. The van der Waals surface area contributed by atoms with E-state index in [1.54, 1.807) is 0 Å². The second kappa shape index (κ2) is 2.74. The fourth-order valence-corrected chi connectivity index (χ4v) is 4.13. The molecule has 0 bridgehead atoms. The molecular formula is C9H18O2S. The van der Waals surface area contributed by atoms with Crippen molar-refractivity contribution in [3.63, 3.8) is 0 Å². The quantitative estimate of drug-likeness (QED) is 0.572. The molecule has 1 rings (SSSR count). The summed E-state index contributed by atoms with van der Waals surface area (Å²) in [5.74, 6) is 4.76. The van der Waals surface area contributed by atoms with Crippen molar-refractivity contribution in [3.05, 3.63) is 0 Å². The predicted octanol–water partition coefficient (Wildman–Crippen LogP) is 0.740. The maximum Gasteiger partial charge on any atom is 0.0691 e. The van der Waals surface area contributed by atoms with E-state index >= 15 is 0 Å². The van der Waals surface area contributed by atoms with Crippen LogP contribution in [0.15, 0.2) is 0 Å². The van der Waals surface area contributed by atoms with Crippen LogP contribution < -0.4 is 0 Å². The van der Waals surface area contributed by atoms with Gasteiger partial charge in [-0.1, -0.05) is 20.8 Å². The van der Waals surface area contributed by atoms with E-state index in [4.69, 9.17) is 0 Å². The van der Waals surface area contributed by atoms with E-state index < -0.39 is 15.6 Å². The van der Waals surface area contributed by atoms with Crippen molar-refractivity contribution in [2.45, 2.75) is 26.9 Å². The summed E-state index contributed by atoms with van der Waals surface area (Å²) in [7, 11) is -1.98. The van der Waals surface area contributed by atoms with Crippen LogP contribution in [0.2, 0.25) is 0 Å². The van der Waals surface area contributed by atoms with Crippen LogP contribution >= 0.6 is 0 Å². The van der Waals surface area contributed by atoms with Crippen LogP contribution in [0.4, 0.5) is 0 Å². The molecule has 3 atom stereocenters. The van der Waals surface area contributed by atoms with Crippen LogP contribution in [0.3, 0.4) is 0 Å². The molecule has 2 nitrogen and oxygen atoms in total. The topological polar surface area (TPSA) is 37.3 Å². The molecule has 1 saturated heterocycles. The lowest BCUT2D eigenvalue weighted by Crippen LogP contribution is -2.30. The molecule has 0 aromatic heterocycles. The van der Waals surface area contributed by atoms with Gasteiger partial charge in [-0.15, -0.1) is 0 Å². The van der Waals surface area contributed by atoms with Crippen molar-refractivity contribution in [2.75, 3.05) is 11.5 Å². The van der Waals surface area contributed by atoms with Gasteiger partial charge in [0.25, 0.3) is 0 Å². The minimum atomic E-state index is -1.98. The first kappa shape index (κ1) is 10.1. The molecule has 1 aliphatic rings. The Morgan fingerprint density at radius 1 is 1.42 bits per heavy atom. The summed E-state index contributed by atoms with van der Waals surface area (Å²) < 4.78 is 11.6. The van der Waals surface area contributed by atoms with Gasteiger partial charge in [-0.2, -0.15) is 0 Å². The van der Waals surface area contributed by atoms with E-state index in [2.05, 4.69) is 26.6 Å². The minimum absolute atomic E-state index is 0.0380. The van der Waals surface area contributed by atoms with Crippen LogP contribution in [0, 0.1) is 11.3 Å². The molecular weight excluding hydrogens is 172 g/mol. The number of hydrogen-bond donors (Lipinski definition) is 1. The van der Waals surface area contributed by atoms with E-state index in [0.717, 1.165) is 0 Å². The van der Waals surface area contributed by atoms with Crippen LogP contribution in [0.25, 0.3) is 0 Å². The Hall–Kier alpha value is -0.0200. The highest BCUT2D eigenvalue weighted by molar-refractivity contribution is 8.00. The highest BCUT2D eigenvalue weighted by Crippen LogP contribution is 2.34. The highest BCUT2D eigenvalue weighted by atomic mass is 32.2. The standard InChI is InChI=1S/C9H18O2S/c1-9(2,3)7-5-12(4,11)6-8(7)10/h7-8,10H,4-6H2,1-3H3. The Labute approximate surface area is 75.0 Å². The molecule has 0 spiro atoms. The molecule has 0 aromatic rings. The van der Waals surface area contributed by atoms with Crippen molar-refractivity contribution < 1.29 is 9.32 Å². The summed E-state index contributed by atoms with van der Waals surface area (Å²) in [6.07, 6.45) is -0.421. The van der Waals surface area contributed by atoms with E-state index in [0.29, 0.717) is 11.5 Å². The molecule has 12 heavy (non-hydrogen) atoms. The number of aliphatic hydroxyl groups is 1.